The van der Waals surface area contributed by atoms with Gasteiger partial charge >= 0.3 is 0 Å². The summed E-state index contributed by atoms with van der Waals surface area (Å²) in [4.78, 5) is 2.58. The van der Waals surface area contributed by atoms with Gasteiger partial charge in [0.05, 0.1) is 0 Å². The Balaban J connectivity index is 2.15. The fourth-order valence-electron chi connectivity index (χ4n) is 2.22. The first-order valence-electron chi connectivity index (χ1n) is 7.14. The summed E-state index contributed by atoms with van der Waals surface area (Å²) in [5, 5.41) is 12.8. The Morgan fingerprint density at radius 2 is 1.94 bits per heavy atom. The van der Waals surface area contributed by atoms with E-state index in [1.807, 2.05) is 0 Å². The largest absolute Gasteiger partial charge is 0.396 e. The van der Waals surface area contributed by atoms with Crippen LogP contribution >= 0.6 is 0 Å². The monoisotopic (exact) mass is 242 g/mol. The SMILES string of the molecule is CCCCN1CCC(NCC(C)(C)CO)CC1. The van der Waals surface area contributed by atoms with Crippen molar-refractivity contribution in [1.82, 2.24) is 10.2 Å². The van der Waals surface area contributed by atoms with Crippen molar-refractivity contribution in [3.63, 3.8) is 0 Å². The quantitative estimate of drug-likeness (QED) is 0.715. The lowest BCUT2D eigenvalue weighted by Gasteiger charge is -2.34. The van der Waals surface area contributed by atoms with E-state index in [0.717, 1.165) is 6.54 Å². The molecular formula is C14H30N2O. The minimum Gasteiger partial charge on any atom is -0.396 e. The first kappa shape index (κ1) is 14.9. The molecule has 0 aromatic rings. The molecule has 0 aromatic heterocycles. The van der Waals surface area contributed by atoms with Gasteiger partial charge in [0.1, 0.15) is 0 Å². The highest BCUT2D eigenvalue weighted by Gasteiger charge is 2.22. The number of nitrogens with one attached hydrogen (secondary N) is 1. The van der Waals surface area contributed by atoms with Crippen LogP contribution in [0.3, 0.4) is 0 Å². The topological polar surface area (TPSA) is 35.5 Å². The number of nitrogens with zero attached hydrogens (tertiary/aromatic N) is 1. The fraction of sp³-hybridized carbons (Fsp3) is 1.00. The Labute approximate surface area is 107 Å². The van der Waals surface area contributed by atoms with Gasteiger partial charge in [0.25, 0.3) is 0 Å². The molecule has 3 heteroatoms. The van der Waals surface area contributed by atoms with Crippen molar-refractivity contribution < 1.29 is 5.11 Å². The molecule has 1 fully saturated rings. The van der Waals surface area contributed by atoms with E-state index < -0.39 is 0 Å². The summed E-state index contributed by atoms with van der Waals surface area (Å²) in [6.45, 7) is 11.4. The molecule has 0 spiro atoms. The molecule has 0 radical (unpaired) electrons. The Kier molecular flexibility index (Phi) is 6.45. The molecule has 0 saturated carbocycles. The zero-order valence-corrected chi connectivity index (χ0v) is 11.8. The summed E-state index contributed by atoms with van der Waals surface area (Å²) in [5.41, 5.74) is 0.0132. The summed E-state index contributed by atoms with van der Waals surface area (Å²) in [6, 6.07) is 0.652. The molecule has 102 valence electrons. The van der Waals surface area contributed by atoms with E-state index in [2.05, 4.69) is 31.0 Å². The standard InChI is InChI=1S/C14H30N2O/c1-4-5-8-16-9-6-13(7-10-16)15-11-14(2,3)12-17/h13,15,17H,4-12H2,1-3H3. The lowest BCUT2D eigenvalue weighted by Crippen LogP contribution is -2.45. The van der Waals surface area contributed by atoms with E-state index in [0.29, 0.717) is 6.04 Å². The lowest BCUT2D eigenvalue weighted by molar-refractivity contribution is 0.140. The molecule has 1 aliphatic rings. The van der Waals surface area contributed by atoms with E-state index in [9.17, 15) is 5.11 Å². The minimum absolute atomic E-state index is 0.0132. The molecule has 1 rings (SSSR count). The Hall–Kier alpha value is -0.120. The van der Waals surface area contributed by atoms with Crippen LogP contribution in [0.1, 0.15) is 46.5 Å². The van der Waals surface area contributed by atoms with Crippen LogP contribution < -0.4 is 5.32 Å². The fourth-order valence-corrected chi connectivity index (χ4v) is 2.22. The van der Waals surface area contributed by atoms with Crippen LogP contribution in [0.2, 0.25) is 0 Å². The summed E-state index contributed by atoms with van der Waals surface area (Å²) < 4.78 is 0. The molecule has 0 aliphatic carbocycles. The normalized spacial score (nSPS) is 19.8. The van der Waals surface area contributed by atoms with Crippen molar-refractivity contribution in [1.29, 1.82) is 0 Å². The Bertz CT molecular complexity index is 198. The van der Waals surface area contributed by atoms with Crippen molar-refractivity contribution in [2.24, 2.45) is 5.41 Å². The van der Waals surface area contributed by atoms with E-state index >= 15 is 0 Å². The predicted molar refractivity (Wildman–Crippen MR) is 73.2 cm³/mol. The number of piperidine rings is 1. The average molecular weight is 242 g/mol. The molecule has 0 bridgehead atoms. The first-order chi connectivity index (χ1) is 8.07. The summed E-state index contributed by atoms with van der Waals surface area (Å²) in [5.74, 6) is 0. The number of unbranched alkanes of at least 4 members (excludes halogenated alkanes) is 1. The van der Waals surface area contributed by atoms with Gasteiger partial charge < -0.3 is 15.3 Å². The second-order valence-corrected chi connectivity index (χ2v) is 6.17. The summed E-state index contributed by atoms with van der Waals surface area (Å²) >= 11 is 0. The first-order valence-corrected chi connectivity index (χ1v) is 7.14. The van der Waals surface area contributed by atoms with Gasteiger partial charge in [-0.15, -0.1) is 0 Å². The van der Waals surface area contributed by atoms with Crippen LogP contribution in [-0.2, 0) is 0 Å². The number of rotatable bonds is 7. The zero-order valence-electron chi connectivity index (χ0n) is 11.8. The highest BCUT2D eigenvalue weighted by molar-refractivity contribution is 4.80. The molecule has 0 aromatic carbocycles. The van der Waals surface area contributed by atoms with E-state index in [1.165, 1.54) is 45.3 Å². The molecule has 1 heterocycles. The van der Waals surface area contributed by atoms with Gasteiger partial charge in [-0.3, -0.25) is 0 Å². The second-order valence-electron chi connectivity index (χ2n) is 6.17. The zero-order chi connectivity index (χ0) is 12.7. The maximum absolute atomic E-state index is 9.21. The Morgan fingerprint density at radius 3 is 2.47 bits per heavy atom. The molecule has 1 saturated heterocycles. The molecule has 1 aliphatic heterocycles. The molecule has 0 unspecified atom stereocenters. The third-order valence-electron chi connectivity index (χ3n) is 3.71. The van der Waals surface area contributed by atoms with E-state index in [1.54, 1.807) is 0 Å². The second kappa shape index (κ2) is 7.34. The van der Waals surface area contributed by atoms with Crippen LogP contribution in [0.4, 0.5) is 0 Å². The average Bonchev–Trinajstić information content (AvgIpc) is 2.35. The number of hydrogen-bond acceptors (Lipinski definition) is 3. The molecular weight excluding hydrogens is 212 g/mol. The van der Waals surface area contributed by atoms with Crippen molar-refractivity contribution in [2.45, 2.75) is 52.5 Å². The number of likely N-dealkylation sites (tertiary alicyclic amines) is 1. The van der Waals surface area contributed by atoms with Crippen molar-refractivity contribution in [3.05, 3.63) is 0 Å². The summed E-state index contributed by atoms with van der Waals surface area (Å²) in [7, 11) is 0. The van der Waals surface area contributed by atoms with Gasteiger partial charge in [-0.25, -0.2) is 0 Å². The van der Waals surface area contributed by atoms with Crippen LogP contribution in [-0.4, -0.2) is 48.8 Å². The Morgan fingerprint density at radius 1 is 1.29 bits per heavy atom. The van der Waals surface area contributed by atoms with Crippen LogP contribution in [0, 0.1) is 5.41 Å². The smallest absolute Gasteiger partial charge is 0.0494 e. The summed E-state index contributed by atoms with van der Waals surface area (Å²) in [6.07, 6.45) is 5.13. The van der Waals surface area contributed by atoms with Gasteiger partial charge in [0, 0.05) is 24.6 Å². The number of aliphatic hydroxyl groups is 1. The van der Waals surface area contributed by atoms with Gasteiger partial charge in [0.2, 0.25) is 0 Å². The van der Waals surface area contributed by atoms with Gasteiger partial charge in [-0.05, 0) is 38.9 Å². The van der Waals surface area contributed by atoms with Crippen LogP contribution in [0.25, 0.3) is 0 Å². The van der Waals surface area contributed by atoms with E-state index in [4.69, 9.17) is 0 Å². The van der Waals surface area contributed by atoms with Crippen molar-refractivity contribution in [3.8, 4) is 0 Å². The van der Waals surface area contributed by atoms with Crippen molar-refractivity contribution in [2.75, 3.05) is 32.8 Å². The highest BCUT2D eigenvalue weighted by atomic mass is 16.3. The van der Waals surface area contributed by atoms with Gasteiger partial charge in [0.15, 0.2) is 0 Å². The molecule has 0 atom stereocenters. The van der Waals surface area contributed by atoms with E-state index in [-0.39, 0.29) is 12.0 Å². The predicted octanol–water partition coefficient (Wildman–Crippen LogP) is 1.86. The number of hydrogen-bond donors (Lipinski definition) is 2. The lowest BCUT2D eigenvalue weighted by atomic mass is 9.93. The minimum atomic E-state index is 0.0132. The molecule has 3 nitrogen and oxygen atoms in total. The van der Waals surface area contributed by atoms with Crippen LogP contribution in [0.15, 0.2) is 0 Å². The molecule has 2 N–H and O–H groups in total. The number of aliphatic hydroxyl groups excluding tert-OH is 1. The maximum Gasteiger partial charge on any atom is 0.0494 e. The van der Waals surface area contributed by atoms with Gasteiger partial charge in [-0.1, -0.05) is 27.2 Å². The third kappa shape index (κ3) is 5.84. The molecule has 0 amide bonds. The van der Waals surface area contributed by atoms with Gasteiger partial charge in [-0.2, -0.15) is 0 Å². The third-order valence-corrected chi connectivity index (χ3v) is 3.71. The van der Waals surface area contributed by atoms with Crippen LogP contribution in [0.5, 0.6) is 0 Å². The maximum atomic E-state index is 9.21. The molecule has 17 heavy (non-hydrogen) atoms. The van der Waals surface area contributed by atoms with Crippen molar-refractivity contribution >= 4 is 0 Å². The highest BCUT2D eigenvalue weighted by Crippen LogP contribution is 2.15.